The van der Waals surface area contributed by atoms with Crippen molar-refractivity contribution in [2.24, 2.45) is 0 Å². The largest absolute Gasteiger partial charge is 0.497 e. The molecule has 4 heteroatoms. The molecule has 0 radical (unpaired) electrons. The summed E-state index contributed by atoms with van der Waals surface area (Å²) in [5, 5.41) is 2.22. The van der Waals surface area contributed by atoms with Gasteiger partial charge in [-0.3, -0.25) is 0 Å². The van der Waals surface area contributed by atoms with E-state index in [1.54, 1.807) is 26.4 Å². The van der Waals surface area contributed by atoms with Gasteiger partial charge in [-0.05, 0) is 83.0 Å². The molecule has 5 aromatic rings. The van der Waals surface area contributed by atoms with Crippen LogP contribution in [0.2, 0.25) is 0 Å². The maximum absolute atomic E-state index is 14.9. The standard InChI is InChI=1S/C39H33FO3/c1-41-28-15-10-25(11-16-28)39(26-12-17-29(42-2)18-13-26)23-20-33-36-35(30-8-4-5-9-31(30)37(33)43-39)32-19-14-27(40)24-34(32)38(36)21-6-3-7-22-38/h4-5,8-20,23-24H,3,6-7,21-22H2,1-2H3. The van der Waals surface area contributed by atoms with Gasteiger partial charge in [0.15, 0.2) is 5.60 Å². The molecule has 0 amide bonds. The molecule has 214 valence electrons. The Balaban J connectivity index is 1.43. The van der Waals surface area contributed by atoms with Gasteiger partial charge < -0.3 is 14.2 Å². The summed E-state index contributed by atoms with van der Waals surface area (Å²) >= 11 is 0. The summed E-state index contributed by atoms with van der Waals surface area (Å²) in [6.45, 7) is 0. The van der Waals surface area contributed by atoms with Crippen LogP contribution in [0.25, 0.3) is 28.0 Å². The van der Waals surface area contributed by atoms with Crippen molar-refractivity contribution in [3.05, 3.63) is 131 Å². The number of halogens is 1. The average molecular weight is 569 g/mol. The topological polar surface area (TPSA) is 27.7 Å². The fourth-order valence-electron chi connectivity index (χ4n) is 7.96. The number of methoxy groups -OCH3 is 2. The highest BCUT2D eigenvalue weighted by atomic mass is 19.1. The summed E-state index contributed by atoms with van der Waals surface area (Å²) in [6, 6.07) is 30.2. The Morgan fingerprint density at radius 3 is 1.98 bits per heavy atom. The Bertz CT molecular complexity index is 1850. The van der Waals surface area contributed by atoms with Crippen molar-refractivity contribution in [2.75, 3.05) is 14.2 Å². The van der Waals surface area contributed by atoms with Gasteiger partial charge in [0, 0.05) is 27.5 Å². The van der Waals surface area contributed by atoms with Gasteiger partial charge in [-0.2, -0.15) is 0 Å². The van der Waals surface area contributed by atoms with E-state index in [1.807, 2.05) is 30.3 Å². The van der Waals surface area contributed by atoms with E-state index in [4.69, 9.17) is 14.2 Å². The second-order valence-electron chi connectivity index (χ2n) is 12.0. The van der Waals surface area contributed by atoms with Crippen LogP contribution in [0, 0.1) is 5.82 Å². The van der Waals surface area contributed by atoms with E-state index in [-0.39, 0.29) is 11.2 Å². The first-order valence-corrected chi connectivity index (χ1v) is 15.1. The first-order chi connectivity index (χ1) is 21.1. The number of hydrogen-bond acceptors (Lipinski definition) is 3. The molecule has 1 fully saturated rings. The van der Waals surface area contributed by atoms with Gasteiger partial charge in [0.25, 0.3) is 0 Å². The summed E-state index contributed by atoms with van der Waals surface area (Å²) in [7, 11) is 3.36. The minimum absolute atomic E-state index is 0.167. The van der Waals surface area contributed by atoms with Crippen LogP contribution in [0.4, 0.5) is 4.39 Å². The molecule has 0 saturated heterocycles. The molecule has 8 rings (SSSR count). The predicted octanol–water partition coefficient (Wildman–Crippen LogP) is 9.58. The van der Waals surface area contributed by atoms with Gasteiger partial charge in [-0.25, -0.2) is 4.39 Å². The molecule has 0 unspecified atom stereocenters. The summed E-state index contributed by atoms with van der Waals surface area (Å²) in [5.41, 5.74) is 6.85. The molecule has 3 aliphatic rings. The third-order valence-electron chi connectivity index (χ3n) is 9.94. The minimum atomic E-state index is -0.875. The zero-order valence-electron chi connectivity index (χ0n) is 24.5. The van der Waals surface area contributed by atoms with Gasteiger partial charge in [-0.15, -0.1) is 0 Å². The van der Waals surface area contributed by atoms with Gasteiger partial charge >= 0.3 is 0 Å². The van der Waals surface area contributed by atoms with Crippen LogP contribution in [0.3, 0.4) is 0 Å². The fourth-order valence-corrected chi connectivity index (χ4v) is 7.96. The number of rotatable bonds is 4. The second kappa shape index (κ2) is 9.74. The first-order valence-electron chi connectivity index (χ1n) is 15.1. The van der Waals surface area contributed by atoms with Crippen LogP contribution >= 0.6 is 0 Å². The predicted molar refractivity (Wildman–Crippen MR) is 170 cm³/mol. The van der Waals surface area contributed by atoms with Crippen molar-refractivity contribution >= 4 is 16.8 Å². The monoisotopic (exact) mass is 568 g/mol. The van der Waals surface area contributed by atoms with Crippen LogP contribution in [-0.4, -0.2) is 14.2 Å². The van der Waals surface area contributed by atoms with Crippen molar-refractivity contribution in [2.45, 2.75) is 43.1 Å². The van der Waals surface area contributed by atoms with Crippen LogP contribution in [0.5, 0.6) is 17.2 Å². The van der Waals surface area contributed by atoms with Gasteiger partial charge in [-0.1, -0.05) is 79.9 Å². The van der Waals surface area contributed by atoms with E-state index >= 15 is 0 Å². The Hall–Kier alpha value is -4.57. The first kappa shape index (κ1) is 26.1. The smallest absolute Gasteiger partial charge is 0.178 e. The molecule has 0 N–H and O–H groups in total. The third kappa shape index (κ3) is 3.72. The Kier molecular flexibility index (Phi) is 5.91. The Labute approximate surface area is 251 Å². The molecular formula is C39H33FO3. The summed E-state index contributed by atoms with van der Waals surface area (Å²) < 4.78 is 33.3. The van der Waals surface area contributed by atoms with Crippen LogP contribution in [0.1, 0.15) is 59.9 Å². The SMILES string of the molecule is COc1ccc(C2(c3ccc(OC)cc3)C=Cc3c4c(c5ccccc5c3O2)-c2ccc(F)cc2C42CCCCC2)cc1. The van der Waals surface area contributed by atoms with Crippen LogP contribution in [-0.2, 0) is 11.0 Å². The molecule has 2 aliphatic carbocycles. The highest BCUT2D eigenvalue weighted by Gasteiger charge is 2.48. The second-order valence-corrected chi connectivity index (χ2v) is 12.0. The number of ether oxygens (including phenoxy) is 3. The van der Waals surface area contributed by atoms with E-state index < -0.39 is 5.60 Å². The van der Waals surface area contributed by atoms with E-state index in [2.05, 4.69) is 60.7 Å². The van der Waals surface area contributed by atoms with Gasteiger partial charge in [0.1, 0.15) is 23.1 Å². The maximum Gasteiger partial charge on any atom is 0.178 e. The summed E-state index contributed by atoms with van der Waals surface area (Å²) in [4.78, 5) is 0. The minimum Gasteiger partial charge on any atom is -0.497 e. The van der Waals surface area contributed by atoms with Crippen LogP contribution in [0.15, 0.2) is 97.1 Å². The number of benzene rings is 5. The van der Waals surface area contributed by atoms with Crippen molar-refractivity contribution in [3.63, 3.8) is 0 Å². The number of fused-ring (bicyclic) bond motifs is 10. The maximum atomic E-state index is 14.9. The van der Waals surface area contributed by atoms with Crippen LogP contribution < -0.4 is 14.2 Å². The Morgan fingerprint density at radius 1 is 0.721 bits per heavy atom. The normalized spacial score (nSPS) is 17.2. The molecule has 0 aromatic heterocycles. The highest BCUT2D eigenvalue weighted by Crippen LogP contribution is 2.62. The average Bonchev–Trinajstić information content (AvgIpc) is 3.33. The summed E-state index contributed by atoms with van der Waals surface area (Å²) in [5.74, 6) is 2.30. The van der Waals surface area contributed by atoms with Crippen molar-refractivity contribution in [1.82, 2.24) is 0 Å². The van der Waals surface area contributed by atoms with E-state index in [0.717, 1.165) is 81.5 Å². The molecule has 0 bridgehead atoms. The van der Waals surface area contributed by atoms with E-state index in [9.17, 15) is 4.39 Å². The fraction of sp³-hybridized carbons (Fsp3) is 0.231. The lowest BCUT2D eigenvalue weighted by molar-refractivity contribution is 0.163. The molecule has 5 aromatic carbocycles. The molecule has 1 aliphatic heterocycles. The Morgan fingerprint density at radius 2 is 1.35 bits per heavy atom. The lowest BCUT2D eigenvalue weighted by Gasteiger charge is -2.41. The molecule has 1 spiro atoms. The molecule has 3 nitrogen and oxygen atoms in total. The molecular weight excluding hydrogens is 535 g/mol. The molecule has 43 heavy (non-hydrogen) atoms. The van der Waals surface area contributed by atoms with Gasteiger partial charge in [0.2, 0.25) is 0 Å². The van der Waals surface area contributed by atoms with Crippen molar-refractivity contribution in [1.29, 1.82) is 0 Å². The third-order valence-corrected chi connectivity index (χ3v) is 9.94. The molecule has 0 atom stereocenters. The van der Waals surface area contributed by atoms with Crippen molar-refractivity contribution in [3.8, 4) is 28.4 Å². The van der Waals surface area contributed by atoms with Gasteiger partial charge in [0.05, 0.1) is 14.2 Å². The summed E-state index contributed by atoms with van der Waals surface area (Å²) in [6.07, 6.45) is 9.97. The molecule has 1 heterocycles. The highest BCUT2D eigenvalue weighted by molar-refractivity contribution is 6.08. The zero-order valence-corrected chi connectivity index (χ0v) is 24.5. The zero-order chi connectivity index (χ0) is 29.2. The van der Waals surface area contributed by atoms with E-state index in [0.29, 0.717) is 0 Å². The number of hydrogen-bond donors (Lipinski definition) is 0. The van der Waals surface area contributed by atoms with Crippen molar-refractivity contribution < 1.29 is 18.6 Å². The quantitative estimate of drug-likeness (QED) is 0.216. The molecule has 1 saturated carbocycles. The lowest BCUT2D eigenvalue weighted by Crippen LogP contribution is -2.35. The van der Waals surface area contributed by atoms with E-state index in [1.165, 1.54) is 17.5 Å². The lowest BCUT2D eigenvalue weighted by atomic mass is 9.66.